The Bertz CT molecular complexity index is 2030. The van der Waals surface area contributed by atoms with E-state index in [0.717, 1.165) is 66.1 Å². The third kappa shape index (κ3) is 6.00. The van der Waals surface area contributed by atoms with Gasteiger partial charge in [0.05, 0.1) is 22.8 Å². The second-order valence-corrected chi connectivity index (χ2v) is 12.9. The molecule has 0 aliphatic carbocycles. The maximum Gasteiger partial charge on any atom is 0.352 e. The lowest BCUT2D eigenvalue weighted by Gasteiger charge is -2.13. The molecule has 238 valence electrons. The van der Waals surface area contributed by atoms with Crippen LogP contribution in [0.4, 0.5) is 0 Å². The molecule has 0 fully saturated rings. The van der Waals surface area contributed by atoms with Crippen molar-refractivity contribution in [3.63, 3.8) is 0 Å². The van der Waals surface area contributed by atoms with Crippen molar-refractivity contribution in [3.05, 3.63) is 88.0 Å². The summed E-state index contributed by atoms with van der Waals surface area (Å²) in [5.74, 6) is 0.471. The smallest absolute Gasteiger partial charge is 0.352 e. The standard InChI is InChI=1S/C35H37ClN6O3S/c1-20-31-29(40-42(20)4)18-39-17-22(37)15-23(38-2)19-46-24-14-21-8-5-6-9-25(21)30(16-24)45-13-7-10-26-27-11-12-28(36)32(31)33(27)41(3)34(26)35(43)44/h5-6,8-9,11-12,14-16,37-39H,7,10,13,17-19H2,1-4H3,(H,43,44)/b23-15-,37-22?. The van der Waals surface area contributed by atoms with Gasteiger partial charge in [-0.15, -0.1) is 11.8 Å². The number of hydrogen-bond acceptors (Lipinski definition) is 7. The fourth-order valence-electron chi connectivity index (χ4n) is 6.30. The molecule has 6 rings (SSSR count). The molecule has 1 aliphatic rings. The van der Waals surface area contributed by atoms with Gasteiger partial charge in [0.25, 0.3) is 0 Å². The Hall–Kier alpha value is -4.25. The molecule has 2 aromatic heterocycles. The minimum absolute atomic E-state index is 0.242. The van der Waals surface area contributed by atoms with Crippen LogP contribution in [0.25, 0.3) is 32.8 Å². The fourth-order valence-corrected chi connectivity index (χ4v) is 7.49. The third-order valence-corrected chi connectivity index (χ3v) is 9.91. The van der Waals surface area contributed by atoms with E-state index in [1.165, 1.54) is 0 Å². The number of rotatable bonds is 2. The number of thioether (sulfide) groups is 1. The van der Waals surface area contributed by atoms with Crippen LogP contribution in [-0.2, 0) is 27.1 Å². The molecule has 0 saturated carbocycles. The van der Waals surface area contributed by atoms with Crippen molar-refractivity contribution in [3.8, 4) is 16.9 Å². The Balaban J connectivity index is 1.47. The number of hydrogen-bond donors (Lipinski definition) is 4. The van der Waals surface area contributed by atoms with Crippen LogP contribution < -0.4 is 15.4 Å². The van der Waals surface area contributed by atoms with Gasteiger partial charge in [-0.05, 0) is 55.0 Å². The quantitative estimate of drug-likeness (QED) is 0.167. The number of fused-ring (bicyclic) bond motifs is 6. The summed E-state index contributed by atoms with van der Waals surface area (Å²) in [7, 11) is 5.55. The molecule has 3 heterocycles. The third-order valence-electron chi connectivity index (χ3n) is 8.57. The largest absolute Gasteiger partial charge is 0.493 e. The molecule has 0 amide bonds. The van der Waals surface area contributed by atoms with Gasteiger partial charge in [-0.25, -0.2) is 4.79 Å². The van der Waals surface area contributed by atoms with E-state index >= 15 is 0 Å². The second-order valence-electron chi connectivity index (χ2n) is 11.5. The molecule has 4 N–H and O–H groups in total. The van der Waals surface area contributed by atoms with Crippen molar-refractivity contribution in [1.82, 2.24) is 25.0 Å². The maximum absolute atomic E-state index is 12.7. The molecule has 0 radical (unpaired) electrons. The molecule has 0 unspecified atom stereocenters. The molecule has 0 spiro atoms. The number of ether oxygens (including phenoxy) is 1. The summed E-state index contributed by atoms with van der Waals surface area (Å²) < 4.78 is 9.97. The summed E-state index contributed by atoms with van der Waals surface area (Å²) in [5, 5.41) is 34.0. The second kappa shape index (κ2) is 13.2. The van der Waals surface area contributed by atoms with E-state index in [2.05, 4.69) is 34.9 Å². The molecule has 1 aliphatic heterocycles. The lowest BCUT2D eigenvalue weighted by molar-refractivity contribution is 0.0685. The lowest BCUT2D eigenvalue weighted by Crippen LogP contribution is -2.23. The van der Waals surface area contributed by atoms with Crippen molar-refractivity contribution in [2.24, 2.45) is 14.1 Å². The van der Waals surface area contributed by atoms with E-state index in [4.69, 9.17) is 26.8 Å². The van der Waals surface area contributed by atoms with Crippen molar-refractivity contribution in [1.29, 1.82) is 5.41 Å². The van der Waals surface area contributed by atoms with Gasteiger partial charge in [0.1, 0.15) is 11.4 Å². The maximum atomic E-state index is 12.7. The Kier molecular flexibility index (Phi) is 9.13. The molecule has 6 bridgehead atoms. The molecular weight excluding hydrogens is 620 g/mol. The molecule has 46 heavy (non-hydrogen) atoms. The molecule has 11 heteroatoms. The molecule has 0 saturated heterocycles. The van der Waals surface area contributed by atoms with E-state index in [1.807, 2.05) is 56.0 Å². The Labute approximate surface area is 277 Å². The number of benzene rings is 3. The van der Waals surface area contributed by atoms with Crippen LogP contribution in [-0.4, -0.2) is 57.1 Å². The zero-order valence-electron chi connectivity index (χ0n) is 26.3. The van der Waals surface area contributed by atoms with Crippen molar-refractivity contribution in [2.75, 3.05) is 26.0 Å². The summed E-state index contributed by atoms with van der Waals surface area (Å²) in [4.78, 5) is 13.8. The fraction of sp³-hybridized carbons (Fsp3) is 0.286. The average Bonchev–Trinajstić information content (AvgIpc) is 3.48. The van der Waals surface area contributed by atoms with Gasteiger partial charge in [0.15, 0.2) is 0 Å². The summed E-state index contributed by atoms with van der Waals surface area (Å²) >= 11 is 8.62. The summed E-state index contributed by atoms with van der Waals surface area (Å²) in [6, 6.07) is 16.2. The first kappa shape index (κ1) is 31.7. The highest BCUT2D eigenvalue weighted by molar-refractivity contribution is 7.99. The van der Waals surface area contributed by atoms with Crippen LogP contribution >= 0.6 is 23.4 Å². The molecule has 5 aromatic rings. The predicted molar refractivity (Wildman–Crippen MR) is 187 cm³/mol. The number of nitrogens with zero attached hydrogens (tertiary/aromatic N) is 3. The number of nitrogens with one attached hydrogen (secondary N) is 3. The van der Waals surface area contributed by atoms with E-state index < -0.39 is 5.97 Å². The minimum Gasteiger partial charge on any atom is -0.493 e. The number of halogens is 1. The van der Waals surface area contributed by atoms with E-state index in [-0.39, 0.29) is 5.69 Å². The van der Waals surface area contributed by atoms with Gasteiger partial charge >= 0.3 is 5.97 Å². The molecular formula is C35H37ClN6O3S. The zero-order chi connectivity index (χ0) is 32.5. The first-order chi connectivity index (χ1) is 22.2. The van der Waals surface area contributed by atoms with Gasteiger partial charge in [-0.1, -0.05) is 41.9 Å². The number of aryl methyl sites for hydroxylation is 3. The van der Waals surface area contributed by atoms with Gasteiger partial charge in [-0.2, -0.15) is 5.10 Å². The van der Waals surface area contributed by atoms with Gasteiger partial charge < -0.3 is 30.5 Å². The summed E-state index contributed by atoms with van der Waals surface area (Å²) in [6.45, 7) is 3.16. The summed E-state index contributed by atoms with van der Waals surface area (Å²) in [5.41, 5.74) is 6.45. The molecule has 0 atom stereocenters. The normalized spacial score (nSPS) is 16.0. The van der Waals surface area contributed by atoms with Crippen LogP contribution in [0, 0.1) is 12.3 Å². The van der Waals surface area contributed by atoms with Crippen LogP contribution in [0.5, 0.6) is 5.75 Å². The Morgan fingerprint density at radius 1 is 1.13 bits per heavy atom. The number of aromatic carboxylic acids is 1. The Morgan fingerprint density at radius 3 is 2.72 bits per heavy atom. The first-order valence-corrected chi connectivity index (χ1v) is 16.5. The number of aromatic nitrogens is 3. The zero-order valence-corrected chi connectivity index (χ0v) is 27.9. The lowest BCUT2D eigenvalue weighted by atomic mass is 9.98. The number of carboxylic acid groups (broad SMARTS) is 1. The SMILES string of the molecule is CN/C1=C\C(=N)CNCc2nn(C)c(C)c2-c2c(Cl)ccc3c(c(C(=O)O)n(C)c23)CCCOc2cc(cc3ccccc23)SC1. The highest BCUT2D eigenvalue weighted by Gasteiger charge is 2.27. The van der Waals surface area contributed by atoms with Gasteiger partial charge in [0, 0.05) is 83.9 Å². The van der Waals surface area contributed by atoms with Crippen LogP contribution in [0.1, 0.15) is 33.9 Å². The highest BCUT2D eigenvalue weighted by atomic mass is 35.5. The minimum atomic E-state index is -0.987. The van der Waals surface area contributed by atoms with Gasteiger partial charge in [-0.3, -0.25) is 4.68 Å². The predicted octanol–water partition coefficient (Wildman–Crippen LogP) is 6.72. The topological polar surface area (TPSA) is 117 Å². The highest BCUT2D eigenvalue weighted by Crippen LogP contribution is 2.42. The van der Waals surface area contributed by atoms with Crippen molar-refractivity contribution in [2.45, 2.75) is 31.2 Å². The van der Waals surface area contributed by atoms with Crippen molar-refractivity contribution < 1.29 is 14.6 Å². The van der Waals surface area contributed by atoms with E-state index in [9.17, 15) is 9.90 Å². The van der Waals surface area contributed by atoms with Crippen LogP contribution in [0.15, 0.2) is 65.2 Å². The molecule has 9 nitrogen and oxygen atoms in total. The number of carboxylic acids is 1. The van der Waals surface area contributed by atoms with E-state index in [0.29, 0.717) is 49.0 Å². The average molecular weight is 657 g/mol. The van der Waals surface area contributed by atoms with E-state index in [1.54, 1.807) is 23.4 Å². The van der Waals surface area contributed by atoms with Crippen LogP contribution in [0.2, 0.25) is 5.02 Å². The summed E-state index contributed by atoms with van der Waals surface area (Å²) in [6.07, 6.45) is 3.01. The number of carbonyl (C=O) groups is 1. The molecule has 3 aromatic carbocycles. The Morgan fingerprint density at radius 2 is 1.93 bits per heavy atom. The first-order valence-electron chi connectivity index (χ1n) is 15.2. The van der Waals surface area contributed by atoms with Gasteiger partial charge in [0.2, 0.25) is 0 Å². The van der Waals surface area contributed by atoms with Crippen molar-refractivity contribution >= 4 is 56.7 Å². The monoisotopic (exact) mass is 656 g/mol. The van der Waals surface area contributed by atoms with Crippen LogP contribution in [0.3, 0.4) is 0 Å².